The van der Waals surface area contributed by atoms with E-state index in [0.717, 1.165) is 23.4 Å². The second-order valence-electron chi connectivity index (χ2n) is 4.87. The number of esters is 1. The maximum atomic E-state index is 11.7. The topological polar surface area (TPSA) is 62.6 Å². The third-order valence-electron chi connectivity index (χ3n) is 3.27. The summed E-state index contributed by atoms with van der Waals surface area (Å²) >= 11 is 0. The molecule has 6 nitrogen and oxygen atoms in total. The van der Waals surface area contributed by atoms with Gasteiger partial charge in [0.25, 0.3) is 0 Å². The molecule has 1 aromatic heterocycles. The van der Waals surface area contributed by atoms with Gasteiger partial charge in [-0.05, 0) is 31.0 Å². The van der Waals surface area contributed by atoms with Crippen molar-refractivity contribution >= 4 is 5.97 Å². The van der Waals surface area contributed by atoms with E-state index in [9.17, 15) is 4.79 Å². The number of ether oxygens (including phenoxy) is 3. The first-order valence-corrected chi connectivity index (χ1v) is 7.23. The molecule has 0 saturated carbocycles. The average Bonchev–Trinajstić information content (AvgIpc) is 3.04. The number of aryl methyl sites for hydroxylation is 2. The van der Waals surface area contributed by atoms with Gasteiger partial charge in [-0.1, -0.05) is 13.0 Å². The maximum absolute atomic E-state index is 11.7. The minimum absolute atomic E-state index is 0.0232. The number of aromatic nitrogens is 2. The summed E-state index contributed by atoms with van der Waals surface area (Å²) in [5, 5.41) is 4.47. The molecular weight excluding hydrogens is 296 g/mol. The Bertz CT molecular complexity index is 719. The molecule has 0 saturated heterocycles. The quantitative estimate of drug-likeness (QED) is 0.466. The van der Waals surface area contributed by atoms with Crippen LogP contribution in [0.5, 0.6) is 5.75 Å². The first kappa shape index (κ1) is 16.6. The lowest BCUT2D eigenvalue weighted by Gasteiger charge is -2.12. The number of nitrogens with zero attached hydrogens (tertiary/aromatic N) is 2. The summed E-state index contributed by atoms with van der Waals surface area (Å²) in [4.78, 5) is 11.7. The summed E-state index contributed by atoms with van der Waals surface area (Å²) in [6.45, 7) is 3.94. The molecule has 1 aromatic carbocycles. The van der Waals surface area contributed by atoms with E-state index in [1.54, 1.807) is 4.68 Å². The summed E-state index contributed by atoms with van der Waals surface area (Å²) in [6.07, 6.45) is 3.96. The van der Waals surface area contributed by atoms with Crippen molar-refractivity contribution in [3.63, 3.8) is 0 Å². The van der Waals surface area contributed by atoms with Gasteiger partial charge in [-0.25, -0.2) is 9.48 Å². The third kappa shape index (κ3) is 3.91. The first-order valence-electron chi connectivity index (χ1n) is 7.23. The smallest absolute Gasteiger partial charge is 0.377 e. The van der Waals surface area contributed by atoms with Crippen LogP contribution in [0.25, 0.3) is 5.69 Å². The molecule has 0 aliphatic heterocycles. The van der Waals surface area contributed by atoms with Crippen LogP contribution < -0.4 is 4.74 Å². The highest BCUT2D eigenvalue weighted by molar-refractivity contribution is 5.86. The van der Waals surface area contributed by atoms with Crippen LogP contribution in [0.3, 0.4) is 0 Å². The van der Waals surface area contributed by atoms with Crippen molar-refractivity contribution in [3.8, 4) is 11.4 Å². The number of carbonyl (C=O) groups excluding carboxylic acids is 1. The SMILES string of the molecule is CCc1ccn(-c2ccc(C)c(O/C(=C\OC)C(=O)OC)c2)n1. The van der Waals surface area contributed by atoms with E-state index < -0.39 is 5.97 Å². The van der Waals surface area contributed by atoms with Crippen LogP contribution in [0.2, 0.25) is 0 Å². The Morgan fingerprint density at radius 1 is 1.30 bits per heavy atom. The number of carbonyl (C=O) groups is 1. The normalized spacial score (nSPS) is 11.2. The number of hydrogen-bond acceptors (Lipinski definition) is 5. The zero-order valence-corrected chi connectivity index (χ0v) is 13.7. The van der Waals surface area contributed by atoms with Crippen LogP contribution in [0.15, 0.2) is 42.5 Å². The fraction of sp³-hybridized carbons (Fsp3) is 0.294. The van der Waals surface area contributed by atoms with Crippen LogP contribution in [-0.4, -0.2) is 30.0 Å². The predicted molar refractivity (Wildman–Crippen MR) is 85.4 cm³/mol. The monoisotopic (exact) mass is 316 g/mol. The molecule has 0 atom stereocenters. The molecule has 0 aliphatic carbocycles. The van der Waals surface area contributed by atoms with Gasteiger partial charge in [0.1, 0.15) is 12.0 Å². The van der Waals surface area contributed by atoms with E-state index in [1.807, 2.05) is 37.4 Å². The molecule has 0 bridgehead atoms. The van der Waals surface area contributed by atoms with E-state index in [1.165, 1.54) is 20.5 Å². The summed E-state index contributed by atoms with van der Waals surface area (Å²) in [7, 11) is 2.72. The molecule has 23 heavy (non-hydrogen) atoms. The largest absolute Gasteiger partial charge is 0.500 e. The molecule has 0 N–H and O–H groups in total. The van der Waals surface area contributed by atoms with Crippen LogP contribution >= 0.6 is 0 Å². The molecule has 1 heterocycles. The Hall–Kier alpha value is -2.76. The second-order valence-corrected chi connectivity index (χ2v) is 4.87. The summed E-state index contributed by atoms with van der Waals surface area (Å²) < 4.78 is 17.0. The van der Waals surface area contributed by atoms with Gasteiger partial charge in [0, 0.05) is 12.3 Å². The molecule has 0 fully saturated rings. The highest BCUT2D eigenvalue weighted by Crippen LogP contribution is 2.24. The van der Waals surface area contributed by atoms with Gasteiger partial charge in [0.05, 0.1) is 25.6 Å². The molecular formula is C17H20N2O4. The second kappa shape index (κ2) is 7.49. The van der Waals surface area contributed by atoms with E-state index in [2.05, 4.69) is 16.8 Å². The van der Waals surface area contributed by atoms with Crippen LogP contribution in [0.4, 0.5) is 0 Å². The van der Waals surface area contributed by atoms with Crippen molar-refractivity contribution in [1.29, 1.82) is 0 Å². The fourth-order valence-corrected chi connectivity index (χ4v) is 1.98. The van der Waals surface area contributed by atoms with E-state index >= 15 is 0 Å². The van der Waals surface area contributed by atoms with Gasteiger partial charge in [-0.2, -0.15) is 5.10 Å². The van der Waals surface area contributed by atoms with Crippen LogP contribution in [0.1, 0.15) is 18.2 Å². The molecule has 0 amide bonds. The Kier molecular flexibility index (Phi) is 5.41. The Morgan fingerprint density at radius 2 is 2.09 bits per heavy atom. The fourth-order valence-electron chi connectivity index (χ4n) is 1.98. The molecule has 0 unspecified atom stereocenters. The minimum Gasteiger partial charge on any atom is -0.500 e. The van der Waals surface area contributed by atoms with Gasteiger partial charge in [-0.15, -0.1) is 0 Å². The minimum atomic E-state index is -0.607. The molecule has 2 aromatic rings. The summed E-state index contributed by atoms with van der Waals surface area (Å²) in [5.74, 6) is -0.0984. The molecule has 0 spiro atoms. The van der Waals surface area contributed by atoms with E-state index in [0.29, 0.717) is 5.75 Å². The third-order valence-corrected chi connectivity index (χ3v) is 3.27. The molecule has 0 aliphatic rings. The summed E-state index contributed by atoms with van der Waals surface area (Å²) in [5.41, 5.74) is 2.72. The van der Waals surface area contributed by atoms with Crippen molar-refractivity contribution in [1.82, 2.24) is 9.78 Å². The molecule has 2 rings (SSSR count). The standard InChI is InChI=1S/C17H20N2O4/c1-5-13-8-9-19(18-13)14-7-6-12(2)15(10-14)23-16(11-21-3)17(20)22-4/h6-11H,5H2,1-4H3/b16-11-. The number of hydrogen-bond donors (Lipinski definition) is 0. The lowest BCUT2D eigenvalue weighted by molar-refractivity contribution is -0.138. The number of rotatable bonds is 6. The number of benzene rings is 1. The number of methoxy groups -OCH3 is 2. The van der Waals surface area contributed by atoms with Crippen LogP contribution in [0, 0.1) is 6.92 Å². The lowest BCUT2D eigenvalue weighted by atomic mass is 10.2. The molecule has 122 valence electrons. The van der Waals surface area contributed by atoms with Crippen molar-refractivity contribution in [2.45, 2.75) is 20.3 Å². The average molecular weight is 316 g/mol. The van der Waals surface area contributed by atoms with E-state index in [-0.39, 0.29) is 5.76 Å². The summed E-state index contributed by atoms with van der Waals surface area (Å²) in [6, 6.07) is 7.62. The van der Waals surface area contributed by atoms with Gasteiger partial charge < -0.3 is 14.2 Å². The maximum Gasteiger partial charge on any atom is 0.377 e. The molecule has 6 heteroatoms. The molecule has 0 radical (unpaired) electrons. The van der Waals surface area contributed by atoms with Gasteiger partial charge in [0.2, 0.25) is 5.76 Å². The van der Waals surface area contributed by atoms with Crippen molar-refractivity contribution in [2.24, 2.45) is 0 Å². The Balaban J connectivity index is 2.33. The highest BCUT2D eigenvalue weighted by Gasteiger charge is 2.15. The van der Waals surface area contributed by atoms with Crippen molar-refractivity contribution in [3.05, 3.63) is 53.7 Å². The predicted octanol–water partition coefficient (Wildman–Crippen LogP) is 2.78. The Labute approximate surface area is 135 Å². The highest BCUT2D eigenvalue weighted by atomic mass is 16.6. The van der Waals surface area contributed by atoms with Crippen LogP contribution in [-0.2, 0) is 20.7 Å². The van der Waals surface area contributed by atoms with Gasteiger partial charge >= 0.3 is 5.97 Å². The van der Waals surface area contributed by atoms with Gasteiger partial charge in [-0.3, -0.25) is 0 Å². The van der Waals surface area contributed by atoms with E-state index in [4.69, 9.17) is 9.47 Å². The zero-order valence-electron chi connectivity index (χ0n) is 13.7. The Morgan fingerprint density at radius 3 is 2.70 bits per heavy atom. The zero-order chi connectivity index (χ0) is 16.8. The van der Waals surface area contributed by atoms with Crippen molar-refractivity contribution < 1.29 is 19.0 Å². The van der Waals surface area contributed by atoms with Crippen molar-refractivity contribution in [2.75, 3.05) is 14.2 Å². The van der Waals surface area contributed by atoms with Gasteiger partial charge in [0.15, 0.2) is 0 Å². The lowest BCUT2D eigenvalue weighted by Crippen LogP contribution is -2.12. The first-order chi connectivity index (χ1) is 11.1.